The Kier molecular flexibility index (Phi) is 3.22. The summed E-state index contributed by atoms with van der Waals surface area (Å²) < 4.78 is 0. The fraction of sp³-hybridized carbons (Fsp3) is 0.467. The van der Waals surface area contributed by atoms with Gasteiger partial charge in [0, 0.05) is 13.0 Å². The van der Waals surface area contributed by atoms with E-state index in [2.05, 4.69) is 0 Å². The van der Waals surface area contributed by atoms with E-state index in [1.165, 1.54) is 0 Å². The molecule has 1 atom stereocenters. The lowest BCUT2D eigenvalue weighted by atomic mass is 10.1. The number of carbonyl (C=O) groups excluding carboxylic acids is 2. The third-order valence-electron chi connectivity index (χ3n) is 3.91. The van der Waals surface area contributed by atoms with E-state index < -0.39 is 0 Å². The van der Waals surface area contributed by atoms with Crippen LogP contribution in [0.25, 0.3) is 0 Å². The number of benzene rings is 1. The highest BCUT2D eigenvalue weighted by Crippen LogP contribution is 2.36. The summed E-state index contributed by atoms with van der Waals surface area (Å²) in [6.07, 6.45) is 1.15. The topological polar surface area (TPSA) is 43.9 Å². The van der Waals surface area contributed by atoms with E-state index in [-0.39, 0.29) is 18.0 Å². The molecule has 0 saturated carbocycles. The highest BCUT2D eigenvalue weighted by atomic mass is 16.2. The molecule has 1 aromatic rings. The molecule has 0 radical (unpaired) electrons. The molecule has 2 aliphatic heterocycles. The van der Waals surface area contributed by atoms with Gasteiger partial charge in [-0.25, -0.2) is 0 Å². The van der Waals surface area contributed by atoms with Gasteiger partial charge in [0.2, 0.25) is 11.8 Å². The van der Waals surface area contributed by atoms with Gasteiger partial charge in [-0.1, -0.05) is 18.2 Å². The zero-order valence-corrected chi connectivity index (χ0v) is 11.9. The van der Waals surface area contributed by atoms with E-state index in [0.29, 0.717) is 19.5 Å². The second kappa shape index (κ2) is 4.90. The number of carbonyl (C=O) groups is 2. The van der Waals surface area contributed by atoms with Crippen LogP contribution in [0.1, 0.15) is 18.4 Å². The Morgan fingerprint density at radius 2 is 2.10 bits per heavy atom. The molecule has 2 amide bonds. The molecule has 1 fully saturated rings. The number of fused-ring (bicyclic) bond motifs is 2. The van der Waals surface area contributed by atoms with Crippen molar-refractivity contribution in [3.8, 4) is 0 Å². The molecule has 0 bridgehead atoms. The van der Waals surface area contributed by atoms with E-state index in [1.807, 2.05) is 53.1 Å². The second-order valence-electron chi connectivity index (χ2n) is 5.67. The van der Waals surface area contributed by atoms with Gasteiger partial charge in [-0.05, 0) is 32.1 Å². The molecule has 3 rings (SSSR count). The van der Waals surface area contributed by atoms with Gasteiger partial charge in [0.1, 0.15) is 6.17 Å². The van der Waals surface area contributed by atoms with E-state index in [1.54, 1.807) is 0 Å². The lowest BCUT2D eigenvalue weighted by Crippen LogP contribution is -2.54. The molecule has 1 saturated heterocycles. The van der Waals surface area contributed by atoms with E-state index >= 15 is 0 Å². The van der Waals surface area contributed by atoms with Gasteiger partial charge >= 0.3 is 0 Å². The monoisotopic (exact) mass is 273 g/mol. The van der Waals surface area contributed by atoms with Crippen LogP contribution in [0, 0.1) is 0 Å². The third-order valence-corrected chi connectivity index (χ3v) is 3.91. The molecule has 0 aromatic heterocycles. The normalized spacial score (nSPS) is 21.1. The average Bonchev–Trinajstić information content (AvgIpc) is 2.76. The van der Waals surface area contributed by atoms with Crippen molar-refractivity contribution >= 4 is 17.5 Å². The smallest absolute Gasteiger partial charge is 0.242 e. The summed E-state index contributed by atoms with van der Waals surface area (Å²) in [5.74, 6) is 0.194. The van der Waals surface area contributed by atoms with E-state index in [9.17, 15) is 9.59 Å². The standard InChI is InChI=1S/C15H19N3O2/c1-16(2)10-15(20)18-12-6-4-3-5-11(12)9-17-13(18)7-8-14(17)19/h3-6,13H,7-10H2,1-2H3/t13-/m0/s1. The minimum Gasteiger partial charge on any atom is -0.317 e. The number of para-hydroxylation sites is 1. The van der Waals surface area contributed by atoms with Gasteiger partial charge < -0.3 is 9.80 Å². The number of hydrogen-bond donors (Lipinski definition) is 0. The van der Waals surface area contributed by atoms with Crippen LogP contribution >= 0.6 is 0 Å². The third kappa shape index (κ3) is 2.08. The maximum absolute atomic E-state index is 12.6. The second-order valence-corrected chi connectivity index (χ2v) is 5.67. The van der Waals surface area contributed by atoms with Gasteiger partial charge in [0.15, 0.2) is 0 Å². The Morgan fingerprint density at radius 1 is 1.35 bits per heavy atom. The van der Waals surface area contributed by atoms with Crippen molar-refractivity contribution in [3.05, 3.63) is 29.8 Å². The molecule has 5 heteroatoms. The highest BCUT2D eigenvalue weighted by Gasteiger charge is 2.42. The first-order valence-electron chi connectivity index (χ1n) is 6.92. The molecule has 2 heterocycles. The maximum Gasteiger partial charge on any atom is 0.242 e. The van der Waals surface area contributed by atoms with Gasteiger partial charge in [-0.3, -0.25) is 14.5 Å². The zero-order valence-electron chi connectivity index (χ0n) is 11.9. The Labute approximate surface area is 118 Å². The predicted octanol–water partition coefficient (Wildman–Crippen LogP) is 1.04. The minimum atomic E-state index is -0.107. The highest BCUT2D eigenvalue weighted by molar-refractivity contribution is 5.98. The lowest BCUT2D eigenvalue weighted by Gasteiger charge is -2.41. The molecule has 20 heavy (non-hydrogen) atoms. The zero-order chi connectivity index (χ0) is 14.3. The van der Waals surface area contributed by atoms with Crippen molar-refractivity contribution in [2.75, 3.05) is 25.5 Å². The average molecular weight is 273 g/mol. The first-order chi connectivity index (χ1) is 9.58. The summed E-state index contributed by atoms with van der Waals surface area (Å²) in [5.41, 5.74) is 2.00. The van der Waals surface area contributed by atoms with Crippen molar-refractivity contribution in [3.63, 3.8) is 0 Å². The Hall–Kier alpha value is -1.88. The Balaban J connectivity index is 2.00. The van der Waals surface area contributed by atoms with Crippen molar-refractivity contribution in [1.29, 1.82) is 0 Å². The van der Waals surface area contributed by atoms with E-state index in [4.69, 9.17) is 0 Å². The molecule has 106 valence electrons. The summed E-state index contributed by atoms with van der Waals surface area (Å²) in [4.78, 5) is 30.1. The van der Waals surface area contributed by atoms with Crippen LogP contribution < -0.4 is 4.90 Å². The van der Waals surface area contributed by atoms with Crippen LogP contribution in [0.15, 0.2) is 24.3 Å². The van der Waals surface area contributed by atoms with Crippen molar-refractivity contribution in [2.45, 2.75) is 25.6 Å². The molecule has 1 aromatic carbocycles. The number of anilines is 1. The molecule has 2 aliphatic rings. The number of hydrogen-bond acceptors (Lipinski definition) is 3. The van der Waals surface area contributed by atoms with Crippen LogP contribution in [0.4, 0.5) is 5.69 Å². The molecule has 0 aliphatic carbocycles. The Morgan fingerprint density at radius 3 is 2.85 bits per heavy atom. The predicted molar refractivity (Wildman–Crippen MR) is 76.1 cm³/mol. The SMILES string of the molecule is CN(C)CC(=O)N1c2ccccc2CN2C(=O)CC[C@@H]21. The summed E-state index contributed by atoms with van der Waals surface area (Å²) in [6, 6.07) is 7.87. The number of nitrogens with zero attached hydrogens (tertiary/aromatic N) is 3. The molecule has 0 spiro atoms. The summed E-state index contributed by atoms with van der Waals surface area (Å²) in [7, 11) is 3.76. The van der Waals surface area contributed by atoms with Crippen LogP contribution in [-0.4, -0.2) is 48.4 Å². The maximum atomic E-state index is 12.6. The minimum absolute atomic E-state index is 0.0480. The fourth-order valence-corrected chi connectivity index (χ4v) is 3.05. The summed E-state index contributed by atoms with van der Waals surface area (Å²) >= 11 is 0. The van der Waals surface area contributed by atoms with Crippen LogP contribution in [0.2, 0.25) is 0 Å². The van der Waals surface area contributed by atoms with Crippen molar-refractivity contribution < 1.29 is 9.59 Å². The summed E-state index contributed by atoms with van der Waals surface area (Å²) in [5, 5.41) is 0. The molecular weight excluding hydrogens is 254 g/mol. The molecule has 0 unspecified atom stereocenters. The quantitative estimate of drug-likeness (QED) is 0.809. The number of likely N-dealkylation sites (N-methyl/N-ethyl adjacent to an activating group) is 1. The molecule has 0 N–H and O–H groups in total. The van der Waals surface area contributed by atoms with Crippen LogP contribution in [0.3, 0.4) is 0 Å². The molecular formula is C15H19N3O2. The van der Waals surface area contributed by atoms with Crippen LogP contribution in [0.5, 0.6) is 0 Å². The Bertz CT molecular complexity index is 556. The fourth-order valence-electron chi connectivity index (χ4n) is 3.05. The summed E-state index contributed by atoms with van der Waals surface area (Å²) in [6.45, 7) is 0.971. The molecule has 5 nitrogen and oxygen atoms in total. The van der Waals surface area contributed by atoms with Crippen molar-refractivity contribution in [2.24, 2.45) is 0 Å². The van der Waals surface area contributed by atoms with E-state index in [0.717, 1.165) is 17.7 Å². The largest absolute Gasteiger partial charge is 0.317 e. The first-order valence-corrected chi connectivity index (χ1v) is 6.92. The van der Waals surface area contributed by atoms with Gasteiger partial charge in [0.05, 0.1) is 12.2 Å². The number of rotatable bonds is 2. The van der Waals surface area contributed by atoms with Gasteiger partial charge in [0.25, 0.3) is 0 Å². The number of amides is 2. The van der Waals surface area contributed by atoms with Crippen molar-refractivity contribution in [1.82, 2.24) is 9.80 Å². The lowest BCUT2D eigenvalue weighted by molar-refractivity contribution is -0.130. The first kappa shape index (κ1) is 13.1. The van der Waals surface area contributed by atoms with Crippen LogP contribution in [-0.2, 0) is 16.1 Å². The van der Waals surface area contributed by atoms with Gasteiger partial charge in [-0.15, -0.1) is 0 Å². The van der Waals surface area contributed by atoms with Gasteiger partial charge in [-0.2, -0.15) is 0 Å².